The van der Waals surface area contributed by atoms with E-state index in [0.717, 1.165) is 18.7 Å². The number of hydrogen-bond donors (Lipinski definition) is 1. The predicted octanol–water partition coefficient (Wildman–Crippen LogP) is 2.86. The molecule has 100 valence electrons. The van der Waals surface area contributed by atoms with Crippen LogP contribution in [-0.4, -0.2) is 37.5 Å². The molecule has 0 saturated carbocycles. The van der Waals surface area contributed by atoms with Gasteiger partial charge in [0.2, 0.25) is 0 Å². The average Bonchev–Trinajstić information content (AvgIpc) is 2.35. The van der Waals surface area contributed by atoms with Crippen LogP contribution >= 0.6 is 11.6 Å². The van der Waals surface area contributed by atoms with E-state index >= 15 is 0 Å². The fourth-order valence-corrected chi connectivity index (χ4v) is 2.46. The minimum Gasteiger partial charge on any atom is -0.314 e. The third-order valence-electron chi connectivity index (χ3n) is 3.32. The summed E-state index contributed by atoms with van der Waals surface area (Å²) in [6.07, 6.45) is -2.40. The maximum Gasteiger partial charge on any atom is 0.258 e. The number of piperazine rings is 1. The van der Waals surface area contributed by atoms with Gasteiger partial charge in [0, 0.05) is 31.2 Å². The van der Waals surface area contributed by atoms with Gasteiger partial charge in [-0.15, -0.1) is 0 Å². The summed E-state index contributed by atoms with van der Waals surface area (Å²) in [4.78, 5) is 1.82. The molecule has 1 fully saturated rings. The van der Waals surface area contributed by atoms with Gasteiger partial charge in [0.05, 0.1) is 6.04 Å². The number of nitrogens with one attached hydrogen (secondary N) is 1. The van der Waals surface area contributed by atoms with Gasteiger partial charge >= 0.3 is 0 Å². The van der Waals surface area contributed by atoms with Gasteiger partial charge in [-0.3, -0.25) is 4.90 Å². The number of hydrogen-bond acceptors (Lipinski definition) is 2. The summed E-state index contributed by atoms with van der Waals surface area (Å²) >= 11 is 6.03. The lowest BCUT2D eigenvalue weighted by Crippen LogP contribution is -2.46. The smallest absolute Gasteiger partial charge is 0.258 e. The van der Waals surface area contributed by atoms with Gasteiger partial charge in [-0.05, 0) is 24.1 Å². The first-order valence-electron chi connectivity index (χ1n) is 6.08. The first-order chi connectivity index (χ1) is 8.59. The van der Waals surface area contributed by atoms with Crippen molar-refractivity contribution in [2.24, 2.45) is 0 Å². The van der Waals surface area contributed by atoms with Crippen molar-refractivity contribution in [2.75, 3.05) is 26.2 Å². The minimum atomic E-state index is -2.40. The van der Waals surface area contributed by atoms with Crippen LogP contribution in [0.4, 0.5) is 8.78 Å². The summed E-state index contributed by atoms with van der Waals surface area (Å²) < 4.78 is 26.6. The highest BCUT2D eigenvalue weighted by molar-refractivity contribution is 6.31. The quantitative estimate of drug-likeness (QED) is 0.912. The van der Waals surface area contributed by atoms with Crippen molar-refractivity contribution in [3.8, 4) is 0 Å². The monoisotopic (exact) mass is 274 g/mol. The zero-order valence-corrected chi connectivity index (χ0v) is 11.1. The number of aryl methyl sites for hydroxylation is 1. The third kappa shape index (κ3) is 2.99. The van der Waals surface area contributed by atoms with Crippen molar-refractivity contribution in [3.63, 3.8) is 0 Å². The fraction of sp³-hybridized carbons (Fsp3) is 0.538. The van der Waals surface area contributed by atoms with Crippen molar-refractivity contribution >= 4 is 11.6 Å². The molecule has 5 heteroatoms. The fourth-order valence-electron chi connectivity index (χ4n) is 2.27. The number of benzene rings is 1. The van der Waals surface area contributed by atoms with Gasteiger partial charge in [0.15, 0.2) is 0 Å². The minimum absolute atomic E-state index is 0.549. The van der Waals surface area contributed by atoms with Crippen LogP contribution in [-0.2, 0) is 0 Å². The highest BCUT2D eigenvalue weighted by Crippen LogP contribution is 2.30. The Labute approximate surface area is 111 Å². The first-order valence-corrected chi connectivity index (χ1v) is 6.46. The highest BCUT2D eigenvalue weighted by atomic mass is 35.5. The maximum atomic E-state index is 13.3. The molecule has 2 rings (SSSR count). The molecule has 2 nitrogen and oxygen atoms in total. The molecule has 0 spiro atoms. The second-order valence-electron chi connectivity index (χ2n) is 4.57. The lowest BCUT2D eigenvalue weighted by atomic mass is 10.0. The largest absolute Gasteiger partial charge is 0.314 e. The molecule has 18 heavy (non-hydrogen) atoms. The van der Waals surface area contributed by atoms with Gasteiger partial charge in [0.1, 0.15) is 0 Å². The van der Waals surface area contributed by atoms with Gasteiger partial charge in [-0.25, -0.2) is 8.78 Å². The van der Waals surface area contributed by atoms with Crippen LogP contribution in [0.5, 0.6) is 0 Å². The van der Waals surface area contributed by atoms with Crippen LogP contribution < -0.4 is 5.32 Å². The van der Waals surface area contributed by atoms with E-state index in [4.69, 9.17) is 11.6 Å². The number of nitrogens with zero attached hydrogens (tertiary/aromatic N) is 1. The molecule has 0 radical (unpaired) electrons. The first kappa shape index (κ1) is 13.7. The third-order valence-corrected chi connectivity index (χ3v) is 3.73. The van der Waals surface area contributed by atoms with Gasteiger partial charge in [-0.2, -0.15) is 0 Å². The summed E-state index contributed by atoms with van der Waals surface area (Å²) in [5.74, 6) is 0. The highest BCUT2D eigenvalue weighted by Gasteiger charge is 2.30. The van der Waals surface area contributed by atoms with Crippen molar-refractivity contribution in [3.05, 3.63) is 34.3 Å². The summed E-state index contributed by atoms with van der Waals surface area (Å²) in [5.41, 5.74) is 1.51. The lowest BCUT2D eigenvalue weighted by Gasteiger charge is -2.34. The molecule has 0 unspecified atom stereocenters. The van der Waals surface area contributed by atoms with E-state index < -0.39 is 12.5 Å². The number of alkyl halides is 2. The normalized spacial score (nSPS) is 19.2. The Kier molecular flexibility index (Phi) is 4.54. The molecular weight excluding hydrogens is 258 g/mol. The predicted molar refractivity (Wildman–Crippen MR) is 69.4 cm³/mol. The van der Waals surface area contributed by atoms with E-state index in [1.54, 1.807) is 18.2 Å². The molecule has 1 heterocycles. The standard InChI is InChI=1S/C13H17ClF2N2/c1-9-2-3-10(8-11(9)14)12(13(15)16)18-6-4-17-5-7-18/h2-3,8,12-13,17H,4-7H2,1H3/t12-/m0/s1. The maximum absolute atomic E-state index is 13.3. The van der Waals surface area contributed by atoms with Crippen LogP contribution in [0.2, 0.25) is 5.02 Å². The Hall–Kier alpha value is -0.710. The van der Waals surface area contributed by atoms with Crippen LogP contribution in [0.15, 0.2) is 18.2 Å². The molecule has 1 aromatic rings. The van der Waals surface area contributed by atoms with Crippen LogP contribution in [0.25, 0.3) is 0 Å². The van der Waals surface area contributed by atoms with E-state index in [0.29, 0.717) is 23.7 Å². The molecule has 0 amide bonds. The topological polar surface area (TPSA) is 15.3 Å². The lowest BCUT2D eigenvalue weighted by molar-refractivity contribution is 0.0182. The SMILES string of the molecule is Cc1ccc([C@@H](C(F)F)N2CCNCC2)cc1Cl. The molecule has 1 aliphatic rings. The van der Waals surface area contributed by atoms with E-state index in [9.17, 15) is 8.78 Å². The zero-order valence-electron chi connectivity index (χ0n) is 10.3. The van der Waals surface area contributed by atoms with Gasteiger partial charge < -0.3 is 5.32 Å². The van der Waals surface area contributed by atoms with Crippen LogP contribution in [0.1, 0.15) is 17.2 Å². The summed E-state index contributed by atoms with van der Waals surface area (Å²) in [6.45, 7) is 4.65. The summed E-state index contributed by atoms with van der Waals surface area (Å²) in [7, 11) is 0. The van der Waals surface area contributed by atoms with Gasteiger partial charge in [0.25, 0.3) is 6.43 Å². The Bertz CT molecular complexity index is 406. The average molecular weight is 275 g/mol. The van der Waals surface area contributed by atoms with Gasteiger partial charge in [-0.1, -0.05) is 23.7 Å². The zero-order chi connectivity index (χ0) is 13.1. The van der Waals surface area contributed by atoms with Crippen molar-refractivity contribution in [1.29, 1.82) is 0 Å². The van der Waals surface area contributed by atoms with Crippen molar-refractivity contribution in [2.45, 2.75) is 19.4 Å². The molecule has 1 saturated heterocycles. The molecular formula is C13H17ClF2N2. The molecule has 1 aromatic carbocycles. The Balaban J connectivity index is 2.25. The van der Waals surface area contributed by atoms with E-state index in [-0.39, 0.29) is 0 Å². The number of halogens is 3. The second kappa shape index (κ2) is 5.95. The van der Waals surface area contributed by atoms with Crippen molar-refractivity contribution in [1.82, 2.24) is 10.2 Å². The van der Waals surface area contributed by atoms with E-state index in [2.05, 4.69) is 5.32 Å². The van der Waals surface area contributed by atoms with Crippen molar-refractivity contribution < 1.29 is 8.78 Å². The Morgan fingerprint density at radius 2 is 1.94 bits per heavy atom. The van der Waals surface area contributed by atoms with E-state index in [1.807, 2.05) is 11.8 Å². The Morgan fingerprint density at radius 1 is 1.28 bits per heavy atom. The molecule has 0 bridgehead atoms. The summed E-state index contributed by atoms with van der Waals surface area (Å²) in [6, 6.07) is 4.36. The second-order valence-corrected chi connectivity index (χ2v) is 4.98. The van der Waals surface area contributed by atoms with Crippen LogP contribution in [0, 0.1) is 6.92 Å². The molecule has 1 atom stereocenters. The molecule has 1 aliphatic heterocycles. The molecule has 0 aromatic heterocycles. The molecule has 1 N–H and O–H groups in total. The molecule has 0 aliphatic carbocycles. The van der Waals surface area contributed by atoms with E-state index in [1.165, 1.54) is 0 Å². The number of rotatable bonds is 3. The summed E-state index contributed by atoms with van der Waals surface area (Å²) in [5, 5.41) is 3.72. The van der Waals surface area contributed by atoms with Crippen LogP contribution in [0.3, 0.4) is 0 Å². The Morgan fingerprint density at radius 3 is 2.50 bits per heavy atom.